The summed E-state index contributed by atoms with van der Waals surface area (Å²) in [7, 11) is 0. The molecule has 0 bridgehead atoms. The molecule has 5 heteroatoms. The normalized spacial score (nSPS) is 19.7. The summed E-state index contributed by atoms with van der Waals surface area (Å²) >= 11 is 0. The Bertz CT molecular complexity index is 1550. The van der Waals surface area contributed by atoms with Crippen LogP contribution in [-0.2, 0) is 0 Å². The van der Waals surface area contributed by atoms with Gasteiger partial charge in [0.15, 0.2) is 23.2 Å². The van der Waals surface area contributed by atoms with Crippen LogP contribution in [0.1, 0.15) is 122 Å². The fraction of sp³-hybridized carbons (Fsp3) is 0.500. The van der Waals surface area contributed by atoms with E-state index in [1.54, 1.807) is 42.5 Å². The van der Waals surface area contributed by atoms with Crippen LogP contribution in [0.15, 0.2) is 66.8 Å². The minimum atomic E-state index is -1.06. The van der Waals surface area contributed by atoms with E-state index in [1.165, 1.54) is 89.2 Å². The van der Waals surface area contributed by atoms with Crippen molar-refractivity contribution < 1.29 is 22.3 Å². The number of ether oxygens (including phenoxy) is 1. The van der Waals surface area contributed by atoms with Crippen LogP contribution in [0.2, 0.25) is 0 Å². The second-order valence-corrected chi connectivity index (χ2v) is 14.3. The first-order chi connectivity index (χ1) is 23.9. The van der Waals surface area contributed by atoms with Crippen molar-refractivity contribution in [2.75, 3.05) is 6.61 Å². The van der Waals surface area contributed by atoms with E-state index in [9.17, 15) is 8.78 Å². The molecule has 3 aromatic rings. The van der Waals surface area contributed by atoms with E-state index in [4.69, 9.17) is 4.74 Å². The standard InChI is InChI=1S/C44H54F4O/c1-3-5-7-8-9-10-11-13-31-14-16-32(17-15-31)33-18-20-34(21-19-33)37-26-27-38(42(46)41(37)45)35-22-24-36(25-23-35)39-28-29-40(44(48)43(39)47)49-30-12-6-4-2/h6,12,20,22-29,31-33H,3-5,7-11,13-19,21,30H2,1-2H3. The van der Waals surface area contributed by atoms with Crippen LogP contribution in [-0.4, -0.2) is 6.61 Å². The van der Waals surface area contributed by atoms with E-state index in [2.05, 4.69) is 13.0 Å². The van der Waals surface area contributed by atoms with Crippen LogP contribution >= 0.6 is 0 Å². The van der Waals surface area contributed by atoms with Gasteiger partial charge in [-0.3, -0.25) is 0 Å². The highest BCUT2D eigenvalue weighted by Crippen LogP contribution is 2.43. The van der Waals surface area contributed by atoms with Gasteiger partial charge in [0, 0.05) is 16.7 Å². The van der Waals surface area contributed by atoms with Crippen LogP contribution in [0.3, 0.4) is 0 Å². The summed E-state index contributed by atoms with van der Waals surface area (Å²) in [6.07, 6.45) is 25.7. The van der Waals surface area contributed by atoms with E-state index in [0.717, 1.165) is 43.1 Å². The highest BCUT2D eigenvalue weighted by atomic mass is 19.2. The molecule has 2 aliphatic carbocycles. The lowest BCUT2D eigenvalue weighted by Crippen LogP contribution is -2.23. The van der Waals surface area contributed by atoms with Gasteiger partial charge in [-0.15, -0.1) is 0 Å². The molecular weight excluding hydrogens is 620 g/mol. The van der Waals surface area contributed by atoms with E-state index < -0.39 is 23.3 Å². The molecule has 3 aromatic carbocycles. The zero-order valence-corrected chi connectivity index (χ0v) is 29.5. The predicted molar refractivity (Wildman–Crippen MR) is 195 cm³/mol. The Balaban J connectivity index is 1.15. The Morgan fingerprint density at radius 1 is 0.612 bits per heavy atom. The van der Waals surface area contributed by atoms with Crippen molar-refractivity contribution in [2.24, 2.45) is 17.8 Å². The smallest absolute Gasteiger partial charge is 0.201 e. The Labute approximate surface area is 291 Å². The zero-order valence-electron chi connectivity index (χ0n) is 29.5. The number of halogens is 4. The SMILES string of the molecule is CCC=CCOc1ccc(-c2ccc(-c3ccc(C4=CCC(C5CCC(CCCCCCCCC)CC5)CC4)c(F)c3F)cc2)c(F)c1F. The van der Waals surface area contributed by atoms with Gasteiger partial charge in [0.25, 0.3) is 0 Å². The van der Waals surface area contributed by atoms with Gasteiger partial charge in [-0.25, -0.2) is 13.2 Å². The summed E-state index contributed by atoms with van der Waals surface area (Å²) in [6.45, 7) is 4.39. The molecule has 0 amide bonds. The van der Waals surface area contributed by atoms with Gasteiger partial charge in [0.05, 0.1) is 0 Å². The number of rotatable bonds is 16. The molecule has 2 aliphatic rings. The molecule has 1 fully saturated rings. The molecule has 49 heavy (non-hydrogen) atoms. The average molecular weight is 675 g/mol. The third-order valence-electron chi connectivity index (χ3n) is 10.9. The Morgan fingerprint density at radius 2 is 1.20 bits per heavy atom. The number of hydrogen-bond acceptors (Lipinski definition) is 1. The second-order valence-electron chi connectivity index (χ2n) is 14.3. The average Bonchev–Trinajstić information content (AvgIpc) is 3.13. The Morgan fingerprint density at radius 3 is 1.84 bits per heavy atom. The number of allylic oxidation sites excluding steroid dienone is 3. The zero-order chi connectivity index (χ0) is 34.6. The third-order valence-corrected chi connectivity index (χ3v) is 10.9. The van der Waals surface area contributed by atoms with E-state index >= 15 is 8.78 Å². The first-order valence-electron chi connectivity index (χ1n) is 18.9. The molecule has 264 valence electrons. The maximum absolute atomic E-state index is 15.5. The summed E-state index contributed by atoms with van der Waals surface area (Å²) < 4.78 is 66.0. The van der Waals surface area contributed by atoms with Crippen molar-refractivity contribution in [3.8, 4) is 28.0 Å². The first kappa shape index (κ1) is 36.9. The quantitative estimate of drug-likeness (QED) is 0.0835. The van der Waals surface area contributed by atoms with Crippen LogP contribution in [0.5, 0.6) is 5.75 Å². The van der Waals surface area contributed by atoms with Crippen molar-refractivity contribution in [1.29, 1.82) is 0 Å². The molecule has 0 radical (unpaired) electrons. The second kappa shape index (κ2) is 18.6. The molecule has 0 spiro atoms. The topological polar surface area (TPSA) is 9.23 Å². The van der Waals surface area contributed by atoms with Crippen molar-refractivity contribution in [1.82, 2.24) is 0 Å². The van der Waals surface area contributed by atoms with Crippen LogP contribution in [0, 0.1) is 41.0 Å². The Hall–Kier alpha value is -3.34. The van der Waals surface area contributed by atoms with Crippen molar-refractivity contribution in [2.45, 2.75) is 117 Å². The molecule has 5 rings (SSSR count). The van der Waals surface area contributed by atoms with Crippen LogP contribution in [0.25, 0.3) is 27.8 Å². The molecule has 1 atom stereocenters. The van der Waals surface area contributed by atoms with Gasteiger partial charge >= 0.3 is 0 Å². The van der Waals surface area contributed by atoms with Gasteiger partial charge in [0.2, 0.25) is 5.82 Å². The van der Waals surface area contributed by atoms with E-state index in [0.29, 0.717) is 22.6 Å². The third kappa shape index (κ3) is 9.67. The Kier molecular flexibility index (Phi) is 14.0. The molecule has 1 unspecified atom stereocenters. The van der Waals surface area contributed by atoms with Crippen molar-refractivity contribution in [3.05, 3.63) is 95.6 Å². The lowest BCUT2D eigenvalue weighted by Gasteiger charge is -2.35. The summed E-state index contributed by atoms with van der Waals surface area (Å²) in [5, 5.41) is 0. The summed E-state index contributed by atoms with van der Waals surface area (Å²) in [4.78, 5) is 0. The van der Waals surface area contributed by atoms with Crippen LogP contribution < -0.4 is 4.74 Å². The highest BCUT2D eigenvalue weighted by molar-refractivity contribution is 5.74. The van der Waals surface area contributed by atoms with Gasteiger partial charge in [0.1, 0.15) is 6.61 Å². The lowest BCUT2D eigenvalue weighted by molar-refractivity contribution is 0.187. The van der Waals surface area contributed by atoms with Gasteiger partial charge < -0.3 is 4.74 Å². The molecule has 0 N–H and O–H groups in total. The molecule has 0 aliphatic heterocycles. The lowest BCUT2D eigenvalue weighted by atomic mass is 9.70. The number of benzene rings is 3. The molecule has 0 heterocycles. The van der Waals surface area contributed by atoms with Crippen molar-refractivity contribution >= 4 is 5.57 Å². The largest absolute Gasteiger partial charge is 0.486 e. The van der Waals surface area contributed by atoms with Gasteiger partial charge in [-0.1, -0.05) is 133 Å². The van der Waals surface area contributed by atoms with E-state index in [-0.39, 0.29) is 23.5 Å². The first-order valence-corrected chi connectivity index (χ1v) is 18.9. The predicted octanol–water partition coefficient (Wildman–Crippen LogP) is 14.1. The number of hydrogen-bond donors (Lipinski definition) is 0. The fourth-order valence-electron chi connectivity index (χ4n) is 7.95. The molecule has 1 nitrogen and oxygen atoms in total. The summed E-state index contributed by atoms with van der Waals surface area (Å²) in [6, 6.07) is 12.6. The molecule has 1 saturated carbocycles. The minimum Gasteiger partial charge on any atom is -0.486 e. The van der Waals surface area contributed by atoms with E-state index in [1.807, 2.05) is 13.0 Å². The maximum Gasteiger partial charge on any atom is 0.201 e. The van der Waals surface area contributed by atoms with Gasteiger partial charge in [-0.05, 0) is 85.1 Å². The highest BCUT2D eigenvalue weighted by Gasteiger charge is 2.29. The molecule has 0 saturated heterocycles. The van der Waals surface area contributed by atoms with Crippen molar-refractivity contribution in [3.63, 3.8) is 0 Å². The summed E-state index contributed by atoms with van der Waals surface area (Å²) in [5.74, 6) is -1.66. The maximum atomic E-state index is 15.5. The fourth-order valence-corrected chi connectivity index (χ4v) is 7.95. The molecular formula is C44H54F4O. The number of unbranched alkanes of at least 4 members (excludes halogenated alkanes) is 6. The van der Waals surface area contributed by atoms with Gasteiger partial charge in [-0.2, -0.15) is 4.39 Å². The summed E-state index contributed by atoms with van der Waals surface area (Å²) in [5.41, 5.74) is 2.36. The monoisotopic (exact) mass is 674 g/mol. The van der Waals surface area contributed by atoms with Crippen LogP contribution in [0.4, 0.5) is 17.6 Å². The molecule has 0 aromatic heterocycles. The minimum absolute atomic E-state index is 0.0709.